The minimum Gasteiger partial charge on any atom is -0.394 e. The van der Waals surface area contributed by atoms with Crippen LogP contribution in [0, 0.1) is 0 Å². The fraction of sp³-hybridized carbons (Fsp3) is 0.643. The molecule has 228 valence electrons. The normalized spacial score (nSPS) is 15.5. The highest BCUT2D eigenvalue weighted by Gasteiger charge is 2.30. The van der Waals surface area contributed by atoms with E-state index in [1.165, 1.54) is 33.6 Å². The van der Waals surface area contributed by atoms with Gasteiger partial charge in [0.15, 0.2) is 0 Å². The van der Waals surface area contributed by atoms with Crippen molar-refractivity contribution >= 4 is 35.0 Å². The molecule has 0 aliphatic heterocycles. The summed E-state index contributed by atoms with van der Waals surface area (Å²) in [5, 5.41) is 32.9. The second-order valence-electron chi connectivity index (χ2n) is 10.2. The van der Waals surface area contributed by atoms with Crippen molar-refractivity contribution in [3.63, 3.8) is 0 Å². The Hall–Kier alpha value is -1.81. The van der Waals surface area contributed by atoms with Crippen LogP contribution in [0.1, 0.15) is 52.7 Å². The largest absolute Gasteiger partial charge is 0.394 e. The van der Waals surface area contributed by atoms with Crippen LogP contribution in [0.25, 0.3) is 0 Å². The third-order valence-corrected chi connectivity index (χ3v) is 9.31. The number of ether oxygens (including phenoxy) is 4. The zero-order valence-electron chi connectivity index (χ0n) is 23.5. The van der Waals surface area contributed by atoms with E-state index in [9.17, 15) is 15.0 Å². The van der Waals surface area contributed by atoms with E-state index in [2.05, 4.69) is 21.1 Å². The molecule has 2 amide bonds. The van der Waals surface area contributed by atoms with Crippen LogP contribution < -0.4 is 10.0 Å². The van der Waals surface area contributed by atoms with Crippen LogP contribution in [-0.4, -0.2) is 85.8 Å². The minimum absolute atomic E-state index is 0.00428. The lowest BCUT2D eigenvalue weighted by Crippen LogP contribution is -2.28. The number of aliphatic hydroxyl groups is 3. The van der Waals surface area contributed by atoms with E-state index in [0.29, 0.717) is 54.6 Å². The first-order valence-electron chi connectivity index (χ1n) is 14.1. The van der Waals surface area contributed by atoms with Crippen LogP contribution in [0.5, 0.6) is 0 Å². The molecule has 0 bridgehead atoms. The van der Waals surface area contributed by atoms with E-state index in [4.69, 9.17) is 24.1 Å². The quantitative estimate of drug-likeness (QED) is 0.126. The predicted octanol–water partition coefficient (Wildman–Crippen LogP) is 2.71. The monoisotopic (exact) mass is 611 g/mol. The predicted molar refractivity (Wildman–Crippen MR) is 156 cm³/mol. The average molecular weight is 612 g/mol. The molecule has 1 unspecified atom stereocenters. The van der Waals surface area contributed by atoms with E-state index < -0.39 is 5.60 Å². The van der Waals surface area contributed by atoms with Crippen molar-refractivity contribution in [2.45, 2.75) is 61.9 Å². The van der Waals surface area contributed by atoms with Crippen molar-refractivity contribution in [3.8, 4) is 0 Å². The fourth-order valence-electron chi connectivity index (χ4n) is 5.00. The molecule has 0 saturated carbocycles. The van der Waals surface area contributed by atoms with Crippen LogP contribution in [0.15, 0.2) is 10.3 Å². The standard InChI is InChI=1S/C28H41N3O8S2/c1-28(35,18-39-15-14-38-13-12-37-11-10-36-9-8-32)26-29-23(17-33)25(40-26)41-31-27(34)30-24-21-6-2-4-19(21)16-20-5-3-7-22(20)24/h16,32-33,35H,2-15,17-18H2,1H3,(H2,30,31,34). The Labute approximate surface area is 249 Å². The molecular weight excluding hydrogens is 570 g/mol. The maximum absolute atomic E-state index is 12.9. The molecule has 1 heterocycles. The Morgan fingerprint density at radius 3 is 2.12 bits per heavy atom. The minimum atomic E-state index is -1.38. The summed E-state index contributed by atoms with van der Waals surface area (Å²) in [5.41, 5.74) is 5.21. The van der Waals surface area contributed by atoms with Gasteiger partial charge in [-0.25, -0.2) is 9.78 Å². The number of hydrogen-bond donors (Lipinski definition) is 5. The van der Waals surface area contributed by atoms with Crippen molar-refractivity contribution < 1.29 is 39.1 Å². The van der Waals surface area contributed by atoms with Gasteiger partial charge in [-0.1, -0.05) is 6.07 Å². The molecule has 11 nitrogen and oxygen atoms in total. The third kappa shape index (κ3) is 9.09. The Bertz CT molecular complexity index is 1110. The van der Waals surface area contributed by atoms with Gasteiger partial charge in [0.1, 0.15) is 14.8 Å². The van der Waals surface area contributed by atoms with Crippen molar-refractivity contribution in [2.24, 2.45) is 0 Å². The Morgan fingerprint density at radius 2 is 1.54 bits per heavy atom. The van der Waals surface area contributed by atoms with Gasteiger partial charge >= 0.3 is 6.03 Å². The van der Waals surface area contributed by atoms with Crippen molar-refractivity contribution in [1.82, 2.24) is 9.71 Å². The number of aryl methyl sites for hydroxylation is 2. The van der Waals surface area contributed by atoms with Crippen LogP contribution in [0.3, 0.4) is 0 Å². The fourth-order valence-corrected chi connectivity index (χ4v) is 6.83. The lowest BCUT2D eigenvalue weighted by Gasteiger charge is -2.20. The second kappa shape index (κ2) is 16.1. The molecule has 5 N–H and O–H groups in total. The Balaban J connectivity index is 1.20. The van der Waals surface area contributed by atoms with Gasteiger partial charge < -0.3 is 39.6 Å². The lowest BCUT2D eigenvalue weighted by atomic mass is 9.99. The van der Waals surface area contributed by atoms with Crippen molar-refractivity contribution in [1.29, 1.82) is 0 Å². The van der Waals surface area contributed by atoms with Gasteiger partial charge in [-0.15, -0.1) is 11.3 Å². The molecule has 0 radical (unpaired) electrons. The lowest BCUT2D eigenvalue weighted by molar-refractivity contribution is -0.0562. The third-order valence-electron chi connectivity index (χ3n) is 6.95. The molecule has 2 aliphatic rings. The molecule has 4 rings (SSSR count). The van der Waals surface area contributed by atoms with E-state index in [1.54, 1.807) is 6.92 Å². The molecule has 0 fully saturated rings. The summed E-state index contributed by atoms with van der Waals surface area (Å²) in [4.78, 5) is 17.3. The Kier molecular flexibility index (Phi) is 12.6. The Morgan fingerprint density at radius 1 is 0.951 bits per heavy atom. The summed E-state index contributed by atoms with van der Waals surface area (Å²) < 4.78 is 24.9. The molecule has 1 atom stereocenters. The van der Waals surface area contributed by atoms with E-state index in [-0.39, 0.29) is 32.5 Å². The number of carbonyl (C=O) groups excluding carboxylic acids is 1. The number of rotatable bonds is 18. The maximum Gasteiger partial charge on any atom is 0.329 e. The number of anilines is 1. The van der Waals surface area contributed by atoms with E-state index >= 15 is 0 Å². The van der Waals surface area contributed by atoms with E-state index in [0.717, 1.165) is 56.2 Å². The number of urea groups is 1. The number of hydrogen-bond acceptors (Lipinski definition) is 11. The molecule has 2 aromatic rings. The van der Waals surface area contributed by atoms with Crippen molar-refractivity contribution in [3.05, 3.63) is 39.0 Å². The number of nitrogens with zero attached hydrogens (tertiary/aromatic N) is 1. The number of amides is 2. The zero-order chi connectivity index (χ0) is 29.1. The van der Waals surface area contributed by atoms with Crippen LogP contribution in [-0.2, 0) is 56.8 Å². The summed E-state index contributed by atoms with van der Waals surface area (Å²) in [5.74, 6) is 0. The summed E-state index contributed by atoms with van der Waals surface area (Å²) in [7, 11) is 0. The number of nitrogens with one attached hydrogen (secondary N) is 2. The molecule has 2 aliphatic carbocycles. The topological polar surface area (TPSA) is 152 Å². The van der Waals surface area contributed by atoms with Gasteiger partial charge in [-0.2, -0.15) is 0 Å². The first-order chi connectivity index (χ1) is 19.9. The summed E-state index contributed by atoms with van der Waals surface area (Å²) in [6.07, 6.45) is 6.32. The molecular formula is C28H41N3O8S2. The molecule has 0 spiro atoms. The number of thiazole rings is 1. The molecule has 1 aromatic heterocycles. The van der Waals surface area contributed by atoms with Gasteiger partial charge in [-0.3, -0.25) is 4.72 Å². The van der Waals surface area contributed by atoms with Crippen LogP contribution in [0.2, 0.25) is 0 Å². The van der Waals surface area contributed by atoms with Crippen molar-refractivity contribution in [2.75, 3.05) is 64.8 Å². The van der Waals surface area contributed by atoms with Crippen LogP contribution >= 0.6 is 23.3 Å². The highest BCUT2D eigenvalue weighted by atomic mass is 32.2. The number of fused-ring (bicyclic) bond motifs is 2. The van der Waals surface area contributed by atoms with Gasteiger partial charge in [-0.05, 0) is 67.7 Å². The summed E-state index contributed by atoms with van der Waals surface area (Å²) in [6.45, 7) is 3.89. The molecule has 41 heavy (non-hydrogen) atoms. The highest BCUT2D eigenvalue weighted by molar-refractivity contribution is 7.99. The highest BCUT2D eigenvalue weighted by Crippen LogP contribution is 2.39. The number of aromatic nitrogens is 1. The van der Waals surface area contributed by atoms with Crippen LogP contribution in [0.4, 0.5) is 10.5 Å². The zero-order valence-corrected chi connectivity index (χ0v) is 25.2. The maximum atomic E-state index is 12.9. The smallest absolute Gasteiger partial charge is 0.329 e. The number of benzene rings is 1. The molecule has 1 aromatic carbocycles. The average Bonchev–Trinajstić information content (AvgIpc) is 3.72. The summed E-state index contributed by atoms with van der Waals surface area (Å²) >= 11 is 2.29. The van der Waals surface area contributed by atoms with E-state index in [1.807, 2.05) is 0 Å². The second-order valence-corrected chi connectivity index (χ2v) is 12.3. The summed E-state index contributed by atoms with van der Waals surface area (Å²) in [6, 6.07) is 2.01. The molecule has 0 saturated heterocycles. The van der Waals surface area contributed by atoms with Gasteiger partial charge in [0.05, 0.1) is 71.8 Å². The first kappa shape index (κ1) is 32.1. The number of aliphatic hydroxyl groups excluding tert-OH is 2. The number of carbonyl (C=O) groups is 1. The first-order valence-corrected chi connectivity index (χ1v) is 15.7. The van der Waals surface area contributed by atoms with Gasteiger partial charge in [0.25, 0.3) is 0 Å². The van der Waals surface area contributed by atoms with Gasteiger partial charge in [0, 0.05) is 17.6 Å². The molecule has 13 heteroatoms. The van der Waals surface area contributed by atoms with Gasteiger partial charge in [0.2, 0.25) is 0 Å². The SMILES string of the molecule is CC(O)(COCCOCCOCCOCCO)c1nc(CO)c(SNC(=O)Nc2c3c(cc4c2CCC4)CCC3)s1.